The molecule has 0 heterocycles. The number of benzene rings is 1. The van der Waals surface area contributed by atoms with Gasteiger partial charge in [0.1, 0.15) is 0 Å². The third-order valence-corrected chi connectivity index (χ3v) is 3.76. The molecule has 1 amide bonds. The molecule has 0 aliphatic carbocycles. The van der Waals surface area contributed by atoms with Crippen LogP contribution in [0.3, 0.4) is 0 Å². The third kappa shape index (κ3) is 5.04. The van der Waals surface area contributed by atoms with Crippen molar-refractivity contribution in [3.05, 3.63) is 33.8 Å². The maximum Gasteiger partial charge on any atom is 0.253 e. The van der Waals surface area contributed by atoms with Gasteiger partial charge in [0, 0.05) is 18.7 Å². The molecule has 0 atom stereocenters. The van der Waals surface area contributed by atoms with E-state index >= 15 is 0 Å². The Morgan fingerprint density at radius 2 is 1.63 bits per heavy atom. The maximum absolute atomic E-state index is 12.4. The van der Waals surface area contributed by atoms with E-state index in [0.717, 1.165) is 38.8 Å². The van der Waals surface area contributed by atoms with Crippen molar-refractivity contribution < 1.29 is 4.79 Å². The molecular formula is C15H21Cl2NO. The number of unbranched alkanes of at least 4 members (excludes halogenated alkanes) is 2. The van der Waals surface area contributed by atoms with Gasteiger partial charge in [-0.2, -0.15) is 0 Å². The smallest absolute Gasteiger partial charge is 0.253 e. The summed E-state index contributed by atoms with van der Waals surface area (Å²) in [6.45, 7) is 5.86. The minimum absolute atomic E-state index is 0.0421. The van der Waals surface area contributed by atoms with Crippen molar-refractivity contribution >= 4 is 29.1 Å². The van der Waals surface area contributed by atoms with Gasteiger partial charge >= 0.3 is 0 Å². The zero-order chi connectivity index (χ0) is 14.3. The number of amides is 1. The number of halogens is 2. The fourth-order valence-corrected chi connectivity index (χ4v) is 2.12. The van der Waals surface area contributed by atoms with Gasteiger partial charge in [-0.25, -0.2) is 0 Å². The molecule has 106 valence electrons. The molecule has 2 nitrogen and oxygen atoms in total. The summed E-state index contributed by atoms with van der Waals surface area (Å²) in [6, 6.07) is 5.06. The molecule has 0 radical (unpaired) electrons. The van der Waals surface area contributed by atoms with Crippen LogP contribution in [0.15, 0.2) is 18.2 Å². The van der Waals surface area contributed by atoms with E-state index in [1.165, 1.54) is 0 Å². The lowest BCUT2D eigenvalue weighted by atomic mass is 10.1. The predicted octanol–water partition coefficient (Wildman–Crippen LogP) is 5.04. The maximum atomic E-state index is 12.4. The molecule has 1 aromatic carbocycles. The van der Waals surface area contributed by atoms with Crippen molar-refractivity contribution in [3.8, 4) is 0 Å². The standard InChI is InChI=1S/C15H21Cl2NO/c1-3-5-9-18(10-6-4-2)15(19)12-7-8-13(16)14(17)11-12/h7-8,11H,3-6,9-10H2,1-2H3. The van der Waals surface area contributed by atoms with E-state index in [2.05, 4.69) is 13.8 Å². The molecule has 4 heteroatoms. The predicted molar refractivity (Wildman–Crippen MR) is 82.2 cm³/mol. The molecular weight excluding hydrogens is 281 g/mol. The van der Waals surface area contributed by atoms with Crippen LogP contribution >= 0.6 is 23.2 Å². The Balaban J connectivity index is 2.81. The molecule has 0 fully saturated rings. The molecule has 0 saturated heterocycles. The van der Waals surface area contributed by atoms with E-state index in [-0.39, 0.29) is 5.91 Å². The van der Waals surface area contributed by atoms with Gasteiger partial charge in [-0.15, -0.1) is 0 Å². The molecule has 0 aliphatic heterocycles. The Hall–Kier alpha value is -0.730. The van der Waals surface area contributed by atoms with Crippen LogP contribution in [0.2, 0.25) is 10.0 Å². The van der Waals surface area contributed by atoms with E-state index in [9.17, 15) is 4.79 Å². The van der Waals surface area contributed by atoms with Gasteiger partial charge in [0.2, 0.25) is 0 Å². The highest BCUT2D eigenvalue weighted by Gasteiger charge is 2.15. The SMILES string of the molecule is CCCCN(CCCC)C(=O)c1ccc(Cl)c(Cl)c1. The molecule has 0 unspecified atom stereocenters. The average molecular weight is 302 g/mol. The summed E-state index contributed by atoms with van der Waals surface area (Å²) in [5.41, 5.74) is 0.613. The first kappa shape index (κ1) is 16.3. The fraction of sp³-hybridized carbons (Fsp3) is 0.533. The second-order valence-corrected chi connectivity index (χ2v) is 5.44. The van der Waals surface area contributed by atoms with Gasteiger partial charge in [-0.1, -0.05) is 49.9 Å². The molecule has 0 saturated carbocycles. The Labute approximate surface area is 125 Å². The van der Waals surface area contributed by atoms with Crippen LogP contribution in [0.5, 0.6) is 0 Å². The van der Waals surface area contributed by atoms with Crippen molar-refractivity contribution in [3.63, 3.8) is 0 Å². The van der Waals surface area contributed by atoms with E-state index in [0.29, 0.717) is 15.6 Å². The molecule has 19 heavy (non-hydrogen) atoms. The Morgan fingerprint density at radius 3 is 2.11 bits per heavy atom. The van der Waals surface area contributed by atoms with Crippen LogP contribution in [0, 0.1) is 0 Å². The number of hydrogen-bond acceptors (Lipinski definition) is 1. The Bertz CT molecular complexity index is 413. The molecule has 0 bridgehead atoms. The van der Waals surface area contributed by atoms with E-state index in [1.54, 1.807) is 18.2 Å². The average Bonchev–Trinajstić information content (AvgIpc) is 2.41. The Kier molecular flexibility index (Phi) is 7.25. The lowest BCUT2D eigenvalue weighted by Crippen LogP contribution is -2.32. The second kappa shape index (κ2) is 8.44. The summed E-state index contributed by atoms with van der Waals surface area (Å²) < 4.78 is 0. The van der Waals surface area contributed by atoms with Gasteiger partial charge in [-0.05, 0) is 31.0 Å². The normalized spacial score (nSPS) is 10.5. The van der Waals surface area contributed by atoms with Crippen LogP contribution in [-0.4, -0.2) is 23.9 Å². The molecule has 0 aromatic heterocycles. The quantitative estimate of drug-likeness (QED) is 0.691. The van der Waals surface area contributed by atoms with Gasteiger partial charge in [0.25, 0.3) is 5.91 Å². The van der Waals surface area contributed by atoms with Crippen LogP contribution in [0.1, 0.15) is 49.9 Å². The van der Waals surface area contributed by atoms with Crippen LogP contribution in [-0.2, 0) is 0 Å². The zero-order valence-corrected chi connectivity index (χ0v) is 13.1. The number of carbonyl (C=O) groups excluding carboxylic acids is 1. The third-order valence-electron chi connectivity index (χ3n) is 3.02. The highest BCUT2D eigenvalue weighted by Crippen LogP contribution is 2.23. The first-order valence-electron chi connectivity index (χ1n) is 6.84. The van der Waals surface area contributed by atoms with E-state index in [1.807, 2.05) is 4.90 Å². The van der Waals surface area contributed by atoms with Crippen molar-refractivity contribution in [1.82, 2.24) is 4.90 Å². The fourth-order valence-electron chi connectivity index (χ4n) is 1.82. The topological polar surface area (TPSA) is 20.3 Å². The van der Waals surface area contributed by atoms with Crippen molar-refractivity contribution in [1.29, 1.82) is 0 Å². The number of carbonyl (C=O) groups is 1. The summed E-state index contributed by atoms with van der Waals surface area (Å²) >= 11 is 11.8. The van der Waals surface area contributed by atoms with Crippen molar-refractivity contribution in [2.24, 2.45) is 0 Å². The van der Waals surface area contributed by atoms with Gasteiger partial charge in [0.05, 0.1) is 10.0 Å². The monoisotopic (exact) mass is 301 g/mol. The number of nitrogens with zero attached hydrogens (tertiary/aromatic N) is 1. The highest BCUT2D eigenvalue weighted by molar-refractivity contribution is 6.42. The second-order valence-electron chi connectivity index (χ2n) is 4.63. The zero-order valence-electron chi connectivity index (χ0n) is 11.6. The molecule has 0 spiro atoms. The summed E-state index contributed by atoms with van der Waals surface area (Å²) in [6.07, 6.45) is 4.21. The van der Waals surface area contributed by atoms with Gasteiger partial charge in [-0.3, -0.25) is 4.79 Å². The summed E-state index contributed by atoms with van der Waals surface area (Å²) in [5, 5.41) is 0.908. The summed E-state index contributed by atoms with van der Waals surface area (Å²) in [7, 11) is 0. The lowest BCUT2D eigenvalue weighted by molar-refractivity contribution is 0.0751. The minimum Gasteiger partial charge on any atom is -0.339 e. The van der Waals surface area contributed by atoms with E-state index < -0.39 is 0 Å². The number of hydrogen-bond donors (Lipinski definition) is 0. The van der Waals surface area contributed by atoms with E-state index in [4.69, 9.17) is 23.2 Å². The minimum atomic E-state index is 0.0421. The van der Waals surface area contributed by atoms with Crippen LogP contribution in [0.4, 0.5) is 0 Å². The lowest BCUT2D eigenvalue weighted by Gasteiger charge is -2.22. The van der Waals surface area contributed by atoms with Crippen molar-refractivity contribution in [2.45, 2.75) is 39.5 Å². The van der Waals surface area contributed by atoms with Gasteiger partial charge < -0.3 is 4.90 Å². The highest BCUT2D eigenvalue weighted by atomic mass is 35.5. The van der Waals surface area contributed by atoms with Crippen LogP contribution in [0.25, 0.3) is 0 Å². The largest absolute Gasteiger partial charge is 0.339 e. The summed E-state index contributed by atoms with van der Waals surface area (Å²) in [4.78, 5) is 14.4. The van der Waals surface area contributed by atoms with Gasteiger partial charge in [0.15, 0.2) is 0 Å². The molecule has 1 aromatic rings. The molecule has 0 N–H and O–H groups in total. The molecule has 0 aliphatic rings. The molecule has 1 rings (SSSR count). The van der Waals surface area contributed by atoms with Crippen molar-refractivity contribution in [2.75, 3.05) is 13.1 Å². The Morgan fingerprint density at radius 1 is 1.05 bits per heavy atom. The number of rotatable bonds is 7. The van der Waals surface area contributed by atoms with Crippen LogP contribution < -0.4 is 0 Å². The summed E-state index contributed by atoms with van der Waals surface area (Å²) in [5.74, 6) is 0.0421. The first-order chi connectivity index (χ1) is 9.10. The first-order valence-corrected chi connectivity index (χ1v) is 7.60.